The van der Waals surface area contributed by atoms with Crippen molar-refractivity contribution >= 4 is 0 Å². The van der Waals surface area contributed by atoms with Crippen molar-refractivity contribution in [2.45, 2.75) is 59.2 Å². The van der Waals surface area contributed by atoms with Crippen LogP contribution in [-0.4, -0.2) is 22.0 Å². The summed E-state index contributed by atoms with van der Waals surface area (Å²) in [5.41, 5.74) is 2.96. The fraction of sp³-hybridized carbons (Fsp3) is 0.714. The molecule has 2 heterocycles. The number of nitrogens with one attached hydrogen (secondary N) is 1. The lowest BCUT2D eigenvalue weighted by molar-refractivity contribution is 0.0615. The van der Waals surface area contributed by atoms with E-state index in [0.717, 1.165) is 6.42 Å². The van der Waals surface area contributed by atoms with Gasteiger partial charge >= 0.3 is 0 Å². The Hall–Kier alpha value is -0.760. The highest BCUT2D eigenvalue weighted by Crippen LogP contribution is 2.38. The molecule has 0 saturated carbocycles. The van der Waals surface area contributed by atoms with Gasteiger partial charge in [0, 0.05) is 36.4 Å². The number of fused-ring (bicyclic) bond motifs is 1. The zero-order valence-electron chi connectivity index (χ0n) is 11.1. The zero-order valence-corrected chi connectivity index (χ0v) is 11.1. The average molecular weight is 220 g/mol. The van der Waals surface area contributed by atoms with Crippen molar-refractivity contribution in [2.75, 3.05) is 0 Å². The normalized spacial score (nSPS) is 26.4. The zero-order chi connectivity index (χ0) is 11.9. The fourth-order valence-corrected chi connectivity index (χ4v) is 3.24. The molecular formula is C14H24N2. The van der Waals surface area contributed by atoms with Crippen molar-refractivity contribution in [3.63, 3.8) is 0 Å². The first-order valence-electron chi connectivity index (χ1n) is 6.46. The molecule has 0 amide bonds. The van der Waals surface area contributed by atoms with Crippen molar-refractivity contribution in [1.82, 2.24) is 9.88 Å². The Morgan fingerprint density at radius 1 is 1.31 bits per heavy atom. The lowest BCUT2D eigenvalue weighted by Gasteiger charge is -2.45. The summed E-state index contributed by atoms with van der Waals surface area (Å²) >= 11 is 0. The van der Waals surface area contributed by atoms with Gasteiger partial charge in [0.15, 0.2) is 0 Å². The van der Waals surface area contributed by atoms with Crippen molar-refractivity contribution in [3.05, 3.63) is 23.5 Å². The van der Waals surface area contributed by atoms with Gasteiger partial charge in [-0.15, -0.1) is 0 Å². The van der Waals surface area contributed by atoms with Crippen LogP contribution in [0.5, 0.6) is 0 Å². The fourth-order valence-electron chi connectivity index (χ4n) is 3.24. The van der Waals surface area contributed by atoms with Gasteiger partial charge in [-0.05, 0) is 38.3 Å². The monoisotopic (exact) mass is 220 g/mol. The van der Waals surface area contributed by atoms with Crippen molar-refractivity contribution in [2.24, 2.45) is 5.92 Å². The van der Waals surface area contributed by atoms with Gasteiger partial charge in [-0.1, -0.05) is 13.8 Å². The first-order chi connectivity index (χ1) is 7.52. The Morgan fingerprint density at radius 2 is 2.00 bits per heavy atom. The standard InChI is InChI=1S/C14H24N2/c1-9(2)14-12-6-7-15-13(12)8-11(5)16(14)10(3)4/h6-7,9-11,14-15H,8H2,1-5H3/t11-,14+/m0/s1. The van der Waals surface area contributed by atoms with Gasteiger partial charge in [0.1, 0.15) is 0 Å². The second-order valence-electron chi connectivity index (χ2n) is 5.69. The summed E-state index contributed by atoms with van der Waals surface area (Å²) in [6.45, 7) is 11.6. The average Bonchev–Trinajstić information content (AvgIpc) is 2.61. The molecule has 0 aromatic carbocycles. The molecule has 1 aliphatic rings. The van der Waals surface area contributed by atoms with Gasteiger partial charge < -0.3 is 4.98 Å². The van der Waals surface area contributed by atoms with Crippen LogP contribution < -0.4 is 0 Å². The van der Waals surface area contributed by atoms with Gasteiger partial charge in [0.05, 0.1) is 0 Å². The number of aromatic amines is 1. The summed E-state index contributed by atoms with van der Waals surface area (Å²) in [4.78, 5) is 6.07. The molecule has 90 valence electrons. The van der Waals surface area contributed by atoms with E-state index in [-0.39, 0.29) is 0 Å². The molecular weight excluding hydrogens is 196 g/mol. The number of rotatable bonds is 2. The summed E-state index contributed by atoms with van der Waals surface area (Å²) < 4.78 is 0. The molecule has 0 saturated heterocycles. The molecule has 0 bridgehead atoms. The highest BCUT2D eigenvalue weighted by atomic mass is 15.2. The van der Waals surface area contributed by atoms with E-state index in [1.54, 1.807) is 0 Å². The molecule has 2 nitrogen and oxygen atoms in total. The maximum Gasteiger partial charge on any atom is 0.0394 e. The molecule has 0 spiro atoms. The maximum atomic E-state index is 3.41. The molecule has 1 aliphatic heterocycles. The number of H-pyrrole nitrogens is 1. The van der Waals surface area contributed by atoms with Crippen molar-refractivity contribution in [3.8, 4) is 0 Å². The SMILES string of the molecule is CC(C)[C@@H]1c2cc[nH]c2C[C@H](C)N1C(C)C. The summed E-state index contributed by atoms with van der Waals surface area (Å²) in [7, 11) is 0. The van der Waals surface area contributed by atoms with E-state index in [1.807, 2.05) is 0 Å². The van der Waals surface area contributed by atoms with Crippen molar-refractivity contribution in [1.29, 1.82) is 0 Å². The minimum Gasteiger partial charge on any atom is -0.365 e. The van der Waals surface area contributed by atoms with Crippen LogP contribution in [0.15, 0.2) is 12.3 Å². The molecule has 1 aromatic rings. The van der Waals surface area contributed by atoms with Crippen LogP contribution in [0.1, 0.15) is 51.9 Å². The number of aromatic nitrogens is 1. The molecule has 16 heavy (non-hydrogen) atoms. The summed E-state index contributed by atoms with van der Waals surface area (Å²) in [6, 6.07) is 4.09. The van der Waals surface area contributed by atoms with Crippen LogP contribution in [0.3, 0.4) is 0 Å². The Kier molecular flexibility index (Phi) is 3.11. The molecule has 2 atom stereocenters. The molecule has 0 radical (unpaired) electrons. The highest BCUT2D eigenvalue weighted by molar-refractivity contribution is 5.29. The Bertz CT molecular complexity index is 351. The smallest absolute Gasteiger partial charge is 0.0394 e. The number of nitrogens with zero attached hydrogens (tertiary/aromatic N) is 1. The predicted octanol–water partition coefficient (Wildman–Crippen LogP) is 3.37. The summed E-state index contributed by atoms with van der Waals surface area (Å²) in [6.07, 6.45) is 3.25. The van der Waals surface area contributed by atoms with Gasteiger partial charge in [-0.3, -0.25) is 4.90 Å². The Morgan fingerprint density at radius 3 is 2.56 bits per heavy atom. The van der Waals surface area contributed by atoms with Crippen LogP contribution in [0.25, 0.3) is 0 Å². The van der Waals surface area contributed by atoms with E-state index in [2.05, 4.69) is 56.8 Å². The first-order valence-corrected chi connectivity index (χ1v) is 6.46. The molecule has 0 fully saturated rings. The minimum absolute atomic E-state index is 0.574. The van der Waals surface area contributed by atoms with Gasteiger partial charge in [0.2, 0.25) is 0 Å². The lowest BCUT2D eigenvalue weighted by atomic mass is 9.86. The minimum atomic E-state index is 0.574. The highest BCUT2D eigenvalue weighted by Gasteiger charge is 2.35. The maximum absolute atomic E-state index is 3.41. The largest absolute Gasteiger partial charge is 0.365 e. The van der Waals surface area contributed by atoms with Crippen LogP contribution in [-0.2, 0) is 6.42 Å². The first kappa shape index (κ1) is 11.7. The van der Waals surface area contributed by atoms with Gasteiger partial charge in [-0.25, -0.2) is 0 Å². The van der Waals surface area contributed by atoms with Gasteiger partial charge in [-0.2, -0.15) is 0 Å². The molecule has 2 heteroatoms. The van der Waals surface area contributed by atoms with Gasteiger partial charge in [0.25, 0.3) is 0 Å². The molecule has 1 N–H and O–H groups in total. The van der Waals surface area contributed by atoms with Crippen LogP contribution in [0.4, 0.5) is 0 Å². The third-order valence-electron chi connectivity index (χ3n) is 3.75. The number of hydrogen-bond acceptors (Lipinski definition) is 1. The molecule has 0 aliphatic carbocycles. The van der Waals surface area contributed by atoms with E-state index in [0.29, 0.717) is 24.0 Å². The van der Waals surface area contributed by atoms with E-state index >= 15 is 0 Å². The van der Waals surface area contributed by atoms with E-state index < -0.39 is 0 Å². The second kappa shape index (κ2) is 4.25. The third kappa shape index (κ3) is 1.80. The second-order valence-corrected chi connectivity index (χ2v) is 5.69. The number of hydrogen-bond donors (Lipinski definition) is 1. The van der Waals surface area contributed by atoms with E-state index in [1.165, 1.54) is 11.3 Å². The molecule has 2 rings (SSSR count). The third-order valence-corrected chi connectivity index (χ3v) is 3.75. The predicted molar refractivity (Wildman–Crippen MR) is 68.5 cm³/mol. The quantitative estimate of drug-likeness (QED) is 0.809. The van der Waals surface area contributed by atoms with E-state index in [9.17, 15) is 0 Å². The topological polar surface area (TPSA) is 19.0 Å². The molecule has 0 unspecified atom stereocenters. The van der Waals surface area contributed by atoms with Crippen LogP contribution in [0, 0.1) is 5.92 Å². The van der Waals surface area contributed by atoms with E-state index in [4.69, 9.17) is 0 Å². The molecule has 1 aromatic heterocycles. The Labute approximate surface area is 99.0 Å². The van der Waals surface area contributed by atoms with Crippen LogP contribution in [0.2, 0.25) is 0 Å². The summed E-state index contributed by atoms with van der Waals surface area (Å²) in [5, 5.41) is 0. The lowest BCUT2D eigenvalue weighted by Crippen LogP contribution is -2.47. The Balaban J connectivity index is 2.41. The summed E-state index contributed by atoms with van der Waals surface area (Å²) in [5.74, 6) is 0.666. The van der Waals surface area contributed by atoms with Crippen LogP contribution >= 0.6 is 0 Å². The van der Waals surface area contributed by atoms with Crippen molar-refractivity contribution < 1.29 is 0 Å².